The third-order valence-corrected chi connectivity index (χ3v) is 2.68. The zero-order valence-corrected chi connectivity index (χ0v) is 10.7. The SMILES string of the molecule is O=C(OC(=O)c1ccc(NO)cc1)c1ccc(NO)cc1. The molecule has 7 heteroatoms. The fourth-order valence-corrected chi connectivity index (χ4v) is 1.56. The molecule has 0 unspecified atom stereocenters. The largest absolute Gasteiger partial charge is 0.386 e. The molecule has 0 saturated heterocycles. The minimum atomic E-state index is -0.797. The van der Waals surface area contributed by atoms with Crippen molar-refractivity contribution in [2.75, 3.05) is 11.0 Å². The van der Waals surface area contributed by atoms with Crippen LogP contribution in [0.1, 0.15) is 20.7 Å². The van der Waals surface area contributed by atoms with E-state index in [1.807, 2.05) is 11.0 Å². The van der Waals surface area contributed by atoms with Gasteiger partial charge in [0, 0.05) is 0 Å². The second kappa shape index (κ2) is 6.51. The van der Waals surface area contributed by atoms with Crippen molar-refractivity contribution in [3.05, 3.63) is 59.7 Å². The quantitative estimate of drug-likeness (QED) is 0.388. The Morgan fingerprint density at radius 1 is 0.714 bits per heavy atom. The van der Waals surface area contributed by atoms with Crippen LogP contribution >= 0.6 is 0 Å². The Balaban J connectivity index is 2.05. The van der Waals surface area contributed by atoms with Gasteiger partial charge in [0.15, 0.2) is 0 Å². The van der Waals surface area contributed by atoms with E-state index >= 15 is 0 Å². The van der Waals surface area contributed by atoms with E-state index in [1.165, 1.54) is 48.5 Å². The highest BCUT2D eigenvalue weighted by Crippen LogP contribution is 2.12. The topological polar surface area (TPSA) is 108 Å². The van der Waals surface area contributed by atoms with Crippen molar-refractivity contribution in [1.29, 1.82) is 0 Å². The van der Waals surface area contributed by atoms with Crippen molar-refractivity contribution in [3.8, 4) is 0 Å². The van der Waals surface area contributed by atoms with E-state index in [0.29, 0.717) is 11.4 Å². The van der Waals surface area contributed by atoms with Gasteiger partial charge >= 0.3 is 11.9 Å². The van der Waals surface area contributed by atoms with Crippen LogP contribution in [0.25, 0.3) is 0 Å². The van der Waals surface area contributed by atoms with E-state index < -0.39 is 11.9 Å². The molecule has 2 rings (SSSR count). The van der Waals surface area contributed by atoms with Crippen LogP contribution in [0.4, 0.5) is 11.4 Å². The molecule has 21 heavy (non-hydrogen) atoms. The number of hydrogen-bond acceptors (Lipinski definition) is 7. The molecule has 108 valence electrons. The maximum atomic E-state index is 11.8. The summed E-state index contributed by atoms with van der Waals surface area (Å²) in [6.45, 7) is 0. The van der Waals surface area contributed by atoms with Gasteiger partial charge in [0.2, 0.25) is 0 Å². The Morgan fingerprint density at radius 3 is 1.33 bits per heavy atom. The lowest BCUT2D eigenvalue weighted by Crippen LogP contribution is -2.12. The molecule has 0 amide bonds. The molecule has 4 N–H and O–H groups in total. The van der Waals surface area contributed by atoms with Gasteiger partial charge in [0.25, 0.3) is 0 Å². The molecule has 0 aliphatic carbocycles. The Morgan fingerprint density at radius 2 is 1.05 bits per heavy atom. The zero-order valence-electron chi connectivity index (χ0n) is 10.7. The fourth-order valence-electron chi connectivity index (χ4n) is 1.56. The van der Waals surface area contributed by atoms with Crippen molar-refractivity contribution in [3.63, 3.8) is 0 Å². The number of carbonyl (C=O) groups is 2. The molecular weight excluding hydrogens is 276 g/mol. The number of benzene rings is 2. The molecule has 0 aromatic heterocycles. The average Bonchev–Trinajstić information content (AvgIpc) is 2.55. The number of esters is 2. The molecule has 7 nitrogen and oxygen atoms in total. The van der Waals surface area contributed by atoms with Crippen molar-refractivity contribution in [2.45, 2.75) is 0 Å². The second-order valence-corrected chi connectivity index (χ2v) is 4.06. The van der Waals surface area contributed by atoms with Crippen LogP contribution in [-0.2, 0) is 4.74 Å². The van der Waals surface area contributed by atoms with Crippen molar-refractivity contribution >= 4 is 23.3 Å². The van der Waals surface area contributed by atoms with Crippen LogP contribution in [0.3, 0.4) is 0 Å². The Bertz CT molecular complexity index is 580. The monoisotopic (exact) mass is 288 g/mol. The summed E-state index contributed by atoms with van der Waals surface area (Å²) in [4.78, 5) is 23.5. The van der Waals surface area contributed by atoms with Crippen LogP contribution in [0.5, 0.6) is 0 Å². The van der Waals surface area contributed by atoms with E-state index in [-0.39, 0.29) is 11.1 Å². The van der Waals surface area contributed by atoms with Gasteiger partial charge in [-0.1, -0.05) is 0 Å². The third-order valence-electron chi connectivity index (χ3n) is 2.68. The Hall–Kier alpha value is -2.90. The van der Waals surface area contributed by atoms with Crippen LogP contribution in [0.15, 0.2) is 48.5 Å². The number of nitrogens with one attached hydrogen (secondary N) is 2. The van der Waals surface area contributed by atoms with Crippen molar-refractivity contribution in [1.82, 2.24) is 0 Å². The first-order valence-electron chi connectivity index (χ1n) is 5.91. The van der Waals surface area contributed by atoms with Gasteiger partial charge in [-0.15, -0.1) is 0 Å². The number of carbonyl (C=O) groups excluding carboxylic acids is 2. The Labute approximate surface area is 119 Å². The summed E-state index contributed by atoms with van der Waals surface area (Å²) in [6, 6.07) is 11.5. The molecule has 0 bridgehead atoms. The molecule has 0 saturated carbocycles. The summed E-state index contributed by atoms with van der Waals surface area (Å²) in [5.74, 6) is -1.59. The molecule has 0 radical (unpaired) electrons. The van der Waals surface area contributed by atoms with Crippen molar-refractivity contribution in [2.24, 2.45) is 0 Å². The molecule has 0 heterocycles. The highest BCUT2D eigenvalue weighted by atomic mass is 16.6. The first-order chi connectivity index (χ1) is 10.1. The number of rotatable bonds is 4. The standard InChI is InChI=1S/C14H12N2O5/c17-13(9-1-5-11(15-19)6-2-9)21-14(18)10-3-7-12(16-20)8-4-10/h1-8,15-16,19-20H. The smallest absolute Gasteiger partial charge is 0.346 e. The molecule has 0 aliphatic heterocycles. The van der Waals surface area contributed by atoms with Gasteiger partial charge in [-0.2, -0.15) is 0 Å². The molecule has 2 aromatic rings. The number of ether oxygens (including phenoxy) is 1. The van der Waals surface area contributed by atoms with E-state index in [9.17, 15) is 9.59 Å². The van der Waals surface area contributed by atoms with Crippen molar-refractivity contribution < 1.29 is 24.7 Å². The lowest BCUT2D eigenvalue weighted by Gasteiger charge is -2.05. The predicted molar refractivity (Wildman–Crippen MR) is 73.4 cm³/mol. The molecule has 0 spiro atoms. The maximum absolute atomic E-state index is 11.8. The average molecular weight is 288 g/mol. The summed E-state index contributed by atoms with van der Waals surface area (Å²) in [5.41, 5.74) is 5.02. The van der Waals surface area contributed by atoms with Crippen LogP contribution in [0, 0.1) is 0 Å². The molecule has 0 atom stereocenters. The molecular formula is C14H12N2O5. The third kappa shape index (κ3) is 3.56. The summed E-state index contributed by atoms with van der Waals surface area (Å²) < 4.78 is 4.73. The first kappa shape index (κ1) is 14.5. The normalized spacial score (nSPS) is 9.81. The summed E-state index contributed by atoms with van der Waals surface area (Å²) in [6.07, 6.45) is 0. The van der Waals surface area contributed by atoms with E-state index in [4.69, 9.17) is 15.2 Å². The van der Waals surface area contributed by atoms with Gasteiger partial charge in [-0.05, 0) is 48.5 Å². The van der Waals surface area contributed by atoms with Crippen LogP contribution in [0.2, 0.25) is 0 Å². The van der Waals surface area contributed by atoms with Gasteiger partial charge in [-0.25, -0.2) is 9.59 Å². The fraction of sp³-hybridized carbons (Fsp3) is 0. The van der Waals surface area contributed by atoms with Gasteiger partial charge in [-0.3, -0.25) is 21.4 Å². The summed E-state index contributed by atoms with van der Waals surface area (Å²) >= 11 is 0. The lowest BCUT2D eigenvalue weighted by atomic mass is 10.2. The second-order valence-electron chi connectivity index (χ2n) is 4.06. The molecule has 2 aromatic carbocycles. The molecule has 0 aliphatic rings. The van der Waals surface area contributed by atoms with Gasteiger partial charge < -0.3 is 4.74 Å². The van der Waals surface area contributed by atoms with E-state index in [1.54, 1.807) is 0 Å². The summed E-state index contributed by atoms with van der Waals surface area (Å²) in [5, 5.41) is 17.3. The van der Waals surface area contributed by atoms with Crippen LogP contribution < -0.4 is 11.0 Å². The minimum absolute atomic E-state index is 0.177. The van der Waals surface area contributed by atoms with E-state index in [0.717, 1.165) is 0 Å². The molecule has 0 fully saturated rings. The number of anilines is 2. The highest BCUT2D eigenvalue weighted by molar-refractivity contribution is 6.02. The summed E-state index contributed by atoms with van der Waals surface area (Å²) in [7, 11) is 0. The zero-order chi connectivity index (χ0) is 15.2. The first-order valence-corrected chi connectivity index (χ1v) is 5.91. The van der Waals surface area contributed by atoms with E-state index in [2.05, 4.69) is 0 Å². The maximum Gasteiger partial charge on any atom is 0.346 e. The number of hydrogen-bond donors (Lipinski definition) is 4. The highest BCUT2D eigenvalue weighted by Gasteiger charge is 2.14. The minimum Gasteiger partial charge on any atom is -0.386 e. The van der Waals surface area contributed by atoms with Gasteiger partial charge in [0.1, 0.15) is 0 Å². The Kier molecular flexibility index (Phi) is 4.50. The van der Waals surface area contributed by atoms with Crippen LogP contribution in [-0.4, -0.2) is 22.4 Å². The van der Waals surface area contributed by atoms with Gasteiger partial charge in [0.05, 0.1) is 22.5 Å². The lowest BCUT2D eigenvalue weighted by molar-refractivity contribution is 0.0398. The predicted octanol–water partition coefficient (Wildman–Crippen LogP) is 2.29.